The minimum absolute atomic E-state index is 0.00926. The molecular formula is C4H6Cl. The van der Waals surface area contributed by atoms with E-state index in [0.717, 1.165) is 0 Å². The predicted molar refractivity (Wildman–Crippen MR) is 24.2 cm³/mol. The Kier molecular flexibility index (Phi) is 2.29. The van der Waals surface area contributed by atoms with Crippen LogP contribution in [-0.2, 0) is 0 Å². The van der Waals surface area contributed by atoms with E-state index in [2.05, 4.69) is 0 Å². The van der Waals surface area contributed by atoms with E-state index in [9.17, 15) is 0 Å². The fourth-order valence-corrected chi connectivity index (χ4v) is 0. The Bertz CT molecular complexity index is 30.6. The lowest BCUT2D eigenvalue weighted by Gasteiger charge is -1.80. The van der Waals surface area contributed by atoms with Gasteiger partial charge in [0.15, 0.2) is 0 Å². The van der Waals surface area contributed by atoms with Gasteiger partial charge in [0.2, 0.25) is 0 Å². The van der Waals surface area contributed by atoms with Crippen molar-refractivity contribution in [2.45, 2.75) is 12.3 Å². The molecule has 29 valence electrons. The Morgan fingerprint density at radius 3 is 2.20 bits per heavy atom. The van der Waals surface area contributed by atoms with Gasteiger partial charge in [-0.1, -0.05) is 12.7 Å². The molecule has 1 atom stereocenters. The number of hydrogen-bond acceptors (Lipinski definition) is 0. The summed E-state index contributed by atoms with van der Waals surface area (Å²) in [7, 11) is 0. The van der Waals surface area contributed by atoms with Gasteiger partial charge in [0.25, 0.3) is 0 Å². The fourth-order valence-electron chi connectivity index (χ4n) is 0. The number of allylic oxidation sites excluding steroid dienone is 1. The van der Waals surface area contributed by atoms with E-state index in [4.69, 9.17) is 18.2 Å². The zero-order valence-corrected chi connectivity index (χ0v) is 3.87. The quantitative estimate of drug-likeness (QED) is 0.428. The summed E-state index contributed by atoms with van der Waals surface area (Å²) in [4.78, 5) is 0. The maximum atomic E-state index is 5.28. The van der Waals surface area contributed by atoms with E-state index in [0.29, 0.717) is 0 Å². The molecule has 0 rings (SSSR count). The second kappa shape index (κ2) is 2.28. The molecule has 0 heterocycles. The molecule has 0 N–H and O–H groups in total. The average Bonchev–Trinajstić information content (AvgIpc) is 1.38. The second-order valence-electron chi connectivity index (χ2n) is 0.870. The van der Waals surface area contributed by atoms with Crippen molar-refractivity contribution in [3.63, 3.8) is 0 Å². The lowest BCUT2D eigenvalue weighted by Crippen LogP contribution is -1.75. The van der Waals surface area contributed by atoms with Crippen LogP contribution < -0.4 is 0 Å². The first-order valence-electron chi connectivity index (χ1n) is 1.46. The molecule has 0 aliphatic rings. The first kappa shape index (κ1) is 5.03. The van der Waals surface area contributed by atoms with E-state index in [1.165, 1.54) is 6.08 Å². The van der Waals surface area contributed by atoms with Gasteiger partial charge in [-0.25, -0.2) is 0 Å². The molecule has 0 amide bonds. The second-order valence-corrected chi connectivity index (χ2v) is 1.56. The molecule has 0 aromatic rings. The van der Waals surface area contributed by atoms with Gasteiger partial charge in [0.1, 0.15) is 0 Å². The SMILES string of the molecule is [CH]=CC(C)Cl. The van der Waals surface area contributed by atoms with Crippen LogP contribution in [0.3, 0.4) is 0 Å². The molecule has 5 heavy (non-hydrogen) atoms. The monoisotopic (exact) mass is 89.0 g/mol. The van der Waals surface area contributed by atoms with Crippen LogP contribution in [0.5, 0.6) is 0 Å². The summed E-state index contributed by atoms with van der Waals surface area (Å²) in [5, 5.41) is 0.00926. The van der Waals surface area contributed by atoms with Crippen molar-refractivity contribution >= 4 is 11.6 Å². The highest BCUT2D eigenvalue weighted by Crippen LogP contribution is 1.89. The van der Waals surface area contributed by atoms with Gasteiger partial charge in [-0.3, -0.25) is 0 Å². The highest BCUT2D eigenvalue weighted by atomic mass is 35.5. The molecule has 0 saturated carbocycles. The Hall–Kier alpha value is 0.0300. The lowest BCUT2D eigenvalue weighted by molar-refractivity contribution is 1.23. The van der Waals surface area contributed by atoms with Gasteiger partial charge in [0.05, 0.1) is 0 Å². The minimum atomic E-state index is 0.00926. The van der Waals surface area contributed by atoms with Gasteiger partial charge < -0.3 is 0 Å². The summed E-state index contributed by atoms with van der Waals surface area (Å²) in [5.74, 6) is 0. The highest BCUT2D eigenvalue weighted by Gasteiger charge is 1.77. The highest BCUT2D eigenvalue weighted by molar-refractivity contribution is 6.21. The van der Waals surface area contributed by atoms with Crippen molar-refractivity contribution < 1.29 is 0 Å². The van der Waals surface area contributed by atoms with Gasteiger partial charge in [-0.15, -0.1) is 11.6 Å². The maximum absolute atomic E-state index is 5.28. The first-order chi connectivity index (χ1) is 2.27. The molecule has 0 nitrogen and oxygen atoms in total. The summed E-state index contributed by atoms with van der Waals surface area (Å²) < 4.78 is 0. The molecule has 0 aromatic heterocycles. The molecule has 0 fully saturated rings. The van der Waals surface area contributed by atoms with E-state index >= 15 is 0 Å². The number of rotatable bonds is 1. The van der Waals surface area contributed by atoms with Crippen LogP contribution in [0.15, 0.2) is 6.08 Å². The van der Waals surface area contributed by atoms with E-state index in [1.54, 1.807) is 0 Å². The third kappa shape index (κ3) is 4.03. The molecule has 0 bridgehead atoms. The van der Waals surface area contributed by atoms with Crippen molar-refractivity contribution in [1.29, 1.82) is 0 Å². The first-order valence-corrected chi connectivity index (χ1v) is 1.90. The normalized spacial score (nSPS) is 14.0. The topological polar surface area (TPSA) is 0 Å². The van der Waals surface area contributed by atoms with Crippen LogP contribution in [0, 0.1) is 6.58 Å². The molecule has 1 unspecified atom stereocenters. The summed E-state index contributed by atoms with van der Waals surface area (Å²) in [5.41, 5.74) is 0. The number of alkyl halides is 1. The van der Waals surface area contributed by atoms with Gasteiger partial charge >= 0.3 is 0 Å². The van der Waals surface area contributed by atoms with E-state index in [1.807, 2.05) is 6.92 Å². The van der Waals surface area contributed by atoms with Crippen molar-refractivity contribution in [2.24, 2.45) is 0 Å². The van der Waals surface area contributed by atoms with Gasteiger partial charge in [-0.2, -0.15) is 0 Å². The third-order valence-electron chi connectivity index (χ3n) is 0.265. The maximum Gasteiger partial charge on any atom is 0.0490 e. The van der Waals surface area contributed by atoms with Gasteiger partial charge in [-0.05, 0) is 6.92 Å². The van der Waals surface area contributed by atoms with Crippen molar-refractivity contribution in [3.8, 4) is 0 Å². The molecule has 1 radical (unpaired) electrons. The Balaban J connectivity index is 2.83. The largest absolute Gasteiger partial charge is 0.119 e. The molecule has 0 aromatic carbocycles. The average molecular weight is 89.5 g/mol. The molecule has 0 spiro atoms. The van der Waals surface area contributed by atoms with Gasteiger partial charge in [0, 0.05) is 5.38 Å². The van der Waals surface area contributed by atoms with Crippen molar-refractivity contribution in [2.75, 3.05) is 0 Å². The molecule has 0 aliphatic heterocycles. The Morgan fingerprint density at radius 2 is 2.20 bits per heavy atom. The number of halogens is 1. The minimum Gasteiger partial charge on any atom is -0.119 e. The lowest BCUT2D eigenvalue weighted by atomic mass is 10.5. The van der Waals surface area contributed by atoms with E-state index < -0.39 is 0 Å². The summed E-state index contributed by atoms with van der Waals surface area (Å²) in [6.07, 6.45) is 1.43. The zero-order valence-electron chi connectivity index (χ0n) is 3.11. The molecule has 0 saturated heterocycles. The van der Waals surface area contributed by atoms with Crippen LogP contribution in [0.2, 0.25) is 0 Å². The van der Waals surface area contributed by atoms with Crippen molar-refractivity contribution in [3.05, 3.63) is 12.7 Å². The fraction of sp³-hybridized carbons (Fsp3) is 0.500. The van der Waals surface area contributed by atoms with Crippen LogP contribution in [0.4, 0.5) is 0 Å². The molecular weight excluding hydrogens is 83.5 g/mol. The van der Waals surface area contributed by atoms with Crippen LogP contribution >= 0.6 is 11.6 Å². The summed E-state index contributed by atoms with van der Waals surface area (Å²) >= 11 is 5.28. The van der Waals surface area contributed by atoms with Crippen molar-refractivity contribution in [1.82, 2.24) is 0 Å². The Labute approximate surface area is 37.4 Å². The zero-order chi connectivity index (χ0) is 4.28. The smallest absolute Gasteiger partial charge is 0.0490 e. The summed E-state index contributed by atoms with van der Waals surface area (Å²) in [6.45, 7) is 6.72. The van der Waals surface area contributed by atoms with Crippen LogP contribution in [-0.4, -0.2) is 5.38 Å². The summed E-state index contributed by atoms with van der Waals surface area (Å²) in [6, 6.07) is 0. The predicted octanol–water partition coefficient (Wildman–Crippen LogP) is 1.60. The Morgan fingerprint density at radius 1 is 2.00 bits per heavy atom. The third-order valence-corrected chi connectivity index (χ3v) is 0.411. The van der Waals surface area contributed by atoms with Crippen LogP contribution in [0.1, 0.15) is 6.92 Å². The van der Waals surface area contributed by atoms with E-state index in [-0.39, 0.29) is 5.38 Å². The standard InChI is InChI=1S/C4H6Cl/c1-3-4(2)5/h1,3-4H,2H3. The number of hydrogen-bond donors (Lipinski definition) is 0. The van der Waals surface area contributed by atoms with Crippen LogP contribution in [0.25, 0.3) is 0 Å². The molecule has 0 aliphatic carbocycles. The molecule has 1 heteroatoms.